The van der Waals surface area contributed by atoms with Crippen molar-refractivity contribution >= 4 is 52.5 Å². The summed E-state index contributed by atoms with van der Waals surface area (Å²) in [6.07, 6.45) is 7.85. The monoisotopic (exact) mass is 524 g/mol. The van der Waals surface area contributed by atoms with E-state index in [1.807, 2.05) is 16.9 Å². The van der Waals surface area contributed by atoms with Gasteiger partial charge in [0, 0.05) is 31.0 Å². The number of benzene rings is 2. The van der Waals surface area contributed by atoms with Gasteiger partial charge in [0.1, 0.15) is 6.04 Å². The number of carboxylic acid groups (broad SMARTS) is 1. The second-order valence-electron chi connectivity index (χ2n) is 7.77. The standard InChI is InChI=1S/C24H28N4O5S2.Li.H/c1-34-15-10-22(24(30)31)27-23(29)20-9-8-19(16-21(20)18-6-3-2-4-7-18)35(32,33)26-11-5-13-28-14-12-25-17-28;;/h2-4,6-9,12,14,16-17,22,26H,5,10-11,13,15H2,1H3,(H,27,29)(H,30,31);;. The molecule has 0 aliphatic heterocycles. The number of thioether (sulfide) groups is 1. The van der Waals surface area contributed by atoms with E-state index in [0.717, 1.165) is 0 Å². The van der Waals surface area contributed by atoms with Crippen LogP contribution >= 0.6 is 11.8 Å². The summed E-state index contributed by atoms with van der Waals surface area (Å²) in [6.45, 7) is 0.858. The van der Waals surface area contributed by atoms with Crippen molar-refractivity contribution in [2.24, 2.45) is 0 Å². The van der Waals surface area contributed by atoms with E-state index in [-0.39, 0.29) is 42.3 Å². The Bertz CT molecular complexity index is 1240. The first kappa shape index (κ1) is 29.7. The summed E-state index contributed by atoms with van der Waals surface area (Å²) in [5.41, 5.74) is 1.25. The Labute approximate surface area is 227 Å². The maximum absolute atomic E-state index is 13.0. The van der Waals surface area contributed by atoms with Gasteiger partial charge < -0.3 is 15.0 Å². The fraction of sp³-hybridized carbons (Fsp3) is 0.292. The molecule has 2 aromatic carbocycles. The van der Waals surface area contributed by atoms with Crippen molar-refractivity contribution in [3.63, 3.8) is 0 Å². The average molecular weight is 525 g/mol. The molecule has 0 aliphatic carbocycles. The number of aliphatic carboxylic acids is 1. The summed E-state index contributed by atoms with van der Waals surface area (Å²) < 4.78 is 30.3. The third kappa shape index (κ3) is 8.25. The molecule has 0 radical (unpaired) electrons. The Morgan fingerprint density at radius 2 is 1.92 bits per heavy atom. The number of carbonyl (C=O) groups is 2. The van der Waals surface area contributed by atoms with Gasteiger partial charge >= 0.3 is 24.8 Å². The predicted octanol–water partition coefficient (Wildman–Crippen LogP) is 2.21. The molecule has 188 valence electrons. The molecule has 1 heterocycles. The molecular formula is C24H29LiN4O5S2. The second-order valence-corrected chi connectivity index (χ2v) is 10.5. The Kier molecular flexibility index (Phi) is 11.7. The van der Waals surface area contributed by atoms with Gasteiger partial charge in [0.25, 0.3) is 5.91 Å². The van der Waals surface area contributed by atoms with E-state index in [0.29, 0.717) is 29.8 Å². The number of carbonyl (C=O) groups excluding carboxylic acids is 1. The summed E-state index contributed by atoms with van der Waals surface area (Å²) >= 11 is 1.49. The van der Waals surface area contributed by atoms with Crippen LogP contribution in [0.4, 0.5) is 0 Å². The first-order chi connectivity index (χ1) is 16.8. The third-order valence-corrected chi connectivity index (χ3v) is 7.39. The Balaban J connectivity index is 0.00000456. The molecule has 36 heavy (non-hydrogen) atoms. The van der Waals surface area contributed by atoms with E-state index in [1.54, 1.807) is 43.0 Å². The van der Waals surface area contributed by atoms with Crippen LogP contribution in [-0.2, 0) is 21.4 Å². The molecule has 1 unspecified atom stereocenters. The van der Waals surface area contributed by atoms with E-state index >= 15 is 0 Å². The molecule has 0 spiro atoms. The van der Waals surface area contributed by atoms with E-state index in [9.17, 15) is 23.1 Å². The van der Waals surface area contributed by atoms with Gasteiger partial charge in [0.15, 0.2) is 0 Å². The van der Waals surface area contributed by atoms with Crippen molar-refractivity contribution in [3.8, 4) is 11.1 Å². The van der Waals surface area contributed by atoms with Gasteiger partial charge in [0.05, 0.1) is 11.2 Å². The van der Waals surface area contributed by atoms with Crippen LogP contribution in [0.5, 0.6) is 0 Å². The van der Waals surface area contributed by atoms with Gasteiger partial charge in [-0.15, -0.1) is 0 Å². The molecule has 9 nitrogen and oxygen atoms in total. The quantitative estimate of drug-likeness (QED) is 0.231. The number of carboxylic acids is 1. The van der Waals surface area contributed by atoms with Gasteiger partial charge in [0.2, 0.25) is 10.0 Å². The summed E-state index contributed by atoms with van der Waals surface area (Å²) in [6, 6.07) is 12.1. The number of sulfonamides is 1. The minimum absolute atomic E-state index is 0. The third-order valence-electron chi connectivity index (χ3n) is 5.29. The molecule has 1 aromatic heterocycles. The Morgan fingerprint density at radius 3 is 2.56 bits per heavy atom. The zero-order valence-electron chi connectivity index (χ0n) is 19.3. The van der Waals surface area contributed by atoms with E-state index in [1.165, 1.54) is 30.0 Å². The van der Waals surface area contributed by atoms with Crippen LogP contribution in [0.25, 0.3) is 11.1 Å². The van der Waals surface area contributed by atoms with Crippen LogP contribution in [0.3, 0.4) is 0 Å². The minimum atomic E-state index is -3.83. The summed E-state index contributed by atoms with van der Waals surface area (Å²) in [5, 5.41) is 12.0. The van der Waals surface area contributed by atoms with Gasteiger partial charge in [-0.1, -0.05) is 30.3 Å². The fourth-order valence-corrected chi connectivity index (χ4v) is 5.02. The van der Waals surface area contributed by atoms with Crippen LogP contribution in [0, 0.1) is 0 Å². The summed E-state index contributed by atoms with van der Waals surface area (Å²) in [4.78, 5) is 28.6. The number of nitrogens with one attached hydrogen (secondary N) is 2. The molecule has 3 N–H and O–H groups in total. The fourth-order valence-electron chi connectivity index (χ4n) is 3.44. The Hall–Kier alpha value is -2.55. The van der Waals surface area contributed by atoms with E-state index in [4.69, 9.17) is 0 Å². The van der Waals surface area contributed by atoms with Crippen molar-refractivity contribution in [2.75, 3.05) is 18.6 Å². The number of nitrogens with zero attached hydrogens (tertiary/aromatic N) is 2. The van der Waals surface area contributed by atoms with Crippen molar-refractivity contribution in [1.29, 1.82) is 0 Å². The average Bonchev–Trinajstić information content (AvgIpc) is 3.38. The molecular weight excluding hydrogens is 495 g/mol. The van der Waals surface area contributed by atoms with Gasteiger partial charge in [-0.25, -0.2) is 22.9 Å². The molecule has 1 atom stereocenters. The van der Waals surface area contributed by atoms with Crippen molar-refractivity contribution < 1.29 is 23.1 Å². The molecule has 12 heteroatoms. The predicted molar refractivity (Wildman–Crippen MR) is 143 cm³/mol. The SMILES string of the molecule is CSCCC(NC(=O)c1ccc(S(=O)(=O)NCCCn2ccnc2)cc1-c1ccccc1)C(=O)O.[LiH]. The van der Waals surface area contributed by atoms with E-state index in [2.05, 4.69) is 15.0 Å². The number of aryl methyl sites for hydroxylation is 1. The molecule has 0 fully saturated rings. The molecule has 1 amide bonds. The van der Waals surface area contributed by atoms with Gasteiger partial charge in [-0.3, -0.25) is 4.79 Å². The number of hydrogen-bond acceptors (Lipinski definition) is 6. The molecule has 0 aliphatic rings. The molecule has 0 bridgehead atoms. The second kappa shape index (κ2) is 14.3. The molecule has 3 rings (SSSR count). The number of imidazole rings is 1. The van der Waals surface area contributed by atoms with Crippen molar-refractivity contribution in [1.82, 2.24) is 19.6 Å². The van der Waals surface area contributed by atoms with Crippen LogP contribution in [0.2, 0.25) is 0 Å². The zero-order chi connectivity index (χ0) is 25.3. The van der Waals surface area contributed by atoms with E-state index < -0.39 is 27.9 Å². The number of hydrogen-bond donors (Lipinski definition) is 3. The topological polar surface area (TPSA) is 130 Å². The molecule has 0 saturated carbocycles. The maximum atomic E-state index is 13.0. The summed E-state index contributed by atoms with van der Waals surface area (Å²) in [7, 11) is -3.83. The zero-order valence-corrected chi connectivity index (χ0v) is 20.9. The molecule has 0 saturated heterocycles. The van der Waals surface area contributed by atoms with Gasteiger partial charge in [-0.2, -0.15) is 11.8 Å². The van der Waals surface area contributed by atoms with Gasteiger partial charge in [-0.05, 0) is 54.2 Å². The van der Waals surface area contributed by atoms with Crippen molar-refractivity contribution in [2.45, 2.75) is 30.3 Å². The number of amides is 1. The van der Waals surface area contributed by atoms with Crippen LogP contribution < -0.4 is 10.0 Å². The number of aromatic nitrogens is 2. The van der Waals surface area contributed by atoms with Crippen molar-refractivity contribution in [3.05, 3.63) is 72.8 Å². The van der Waals surface area contributed by atoms with Crippen LogP contribution in [0.1, 0.15) is 23.2 Å². The first-order valence-corrected chi connectivity index (χ1v) is 13.9. The normalized spacial score (nSPS) is 11.9. The molecule has 3 aromatic rings. The summed E-state index contributed by atoms with van der Waals surface area (Å²) in [5.74, 6) is -1.12. The van der Waals surface area contributed by atoms with Crippen LogP contribution in [-0.4, -0.2) is 78.4 Å². The first-order valence-electron chi connectivity index (χ1n) is 11.0. The number of rotatable bonds is 13. The Morgan fingerprint density at radius 1 is 1.17 bits per heavy atom. The van der Waals surface area contributed by atoms with Crippen LogP contribution in [0.15, 0.2) is 72.1 Å².